The van der Waals surface area contributed by atoms with Crippen molar-refractivity contribution in [2.45, 2.75) is 33.8 Å². The first kappa shape index (κ1) is 15.1. The van der Waals surface area contributed by atoms with Crippen LogP contribution in [-0.4, -0.2) is 10.9 Å². The highest BCUT2D eigenvalue weighted by molar-refractivity contribution is 5.83. The number of ether oxygens (including phenoxy) is 1. The molecule has 0 spiro atoms. The minimum atomic E-state index is 0.567. The molecule has 1 N–H and O–H groups in total. The highest BCUT2D eigenvalue weighted by atomic mass is 16.5. The number of rotatable bonds is 5. The van der Waals surface area contributed by atoms with Crippen molar-refractivity contribution >= 4 is 5.71 Å². The second-order valence-electron chi connectivity index (χ2n) is 5.36. The predicted octanol–water partition coefficient (Wildman–Crippen LogP) is 4.28. The van der Waals surface area contributed by atoms with Gasteiger partial charge in [0.25, 0.3) is 0 Å². The molecule has 110 valence electrons. The van der Waals surface area contributed by atoms with Crippen LogP contribution < -0.4 is 4.74 Å². The molecule has 0 saturated carbocycles. The van der Waals surface area contributed by atoms with E-state index in [1.165, 1.54) is 16.7 Å². The minimum absolute atomic E-state index is 0.567. The molecule has 2 aromatic rings. The number of nitrogens with zero attached hydrogens (tertiary/aromatic N) is 1. The Hall–Kier alpha value is -2.29. The van der Waals surface area contributed by atoms with Gasteiger partial charge in [-0.2, -0.15) is 0 Å². The standard InChI is InChI=1S/C18H21NO2/c1-13-4-5-17(10-14(13)2)12-21-18-8-6-16(7-9-18)11-15(3)19-20/h4-10,20H,11-12H2,1-3H3/b19-15-. The van der Waals surface area contributed by atoms with E-state index in [-0.39, 0.29) is 0 Å². The molecule has 0 aliphatic heterocycles. The van der Waals surface area contributed by atoms with Gasteiger partial charge in [-0.25, -0.2) is 0 Å². The minimum Gasteiger partial charge on any atom is -0.489 e. The summed E-state index contributed by atoms with van der Waals surface area (Å²) < 4.78 is 5.79. The lowest BCUT2D eigenvalue weighted by molar-refractivity contribution is 0.306. The van der Waals surface area contributed by atoms with E-state index in [2.05, 4.69) is 37.2 Å². The number of aryl methyl sites for hydroxylation is 2. The topological polar surface area (TPSA) is 41.8 Å². The van der Waals surface area contributed by atoms with E-state index in [4.69, 9.17) is 9.94 Å². The molecular weight excluding hydrogens is 262 g/mol. The Morgan fingerprint density at radius 2 is 1.67 bits per heavy atom. The third-order valence-corrected chi connectivity index (χ3v) is 3.53. The quantitative estimate of drug-likeness (QED) is 0.505. The van der Waals surface area contributed by atoms with Crippen LogP contribution in [0.5, 0.6) is 5.75 Å². The second-order valence-corrected chi connectivity index (χ2v) is 5.36. The zero-order chi connectivity index (χ0) is 15.2. The fraction of sp³-hybridized carbons (Fsp3) is 0.278. The van der Waals surface area contributed by atoms with Gasteiger partial charge in [-0.15, -0.1) is 0 Å². The van der Waals surface area contributed by atoms with Crippen molar-refractivity contribution < 1.29 is 9.94 Å². The molecule has 3 nitrogen and oxygen atoms in total. The van der Waals surface area contributed by atoms with Crippen LogP contribution >= 0.6 is 0 Å². The molecule has 3 heteroatoms. The third kappa shape index (κ3) is 4.35. The maximum Gasteiger partial charge on any atom is 0.119 e. The van der Waals surface area contributed by atoms with Crippen LogP contribution in [0.25, 0.3) is 0 Å². The zero-order valence-corrected chi connectivity index (χ0v) is 12.8. The maximum atomic E-state index is 8.67. The first-order chi connectivity index (χ1) is 10.1. The molecule has 0 aliphatic rings. The fourth-order valence-corrected chi connectivity index (χ4v) is 2.09. The largest absolute Gasteiger partial charge is 0.489 e. The van der Waals surface area contributed by atoms with Crippen LogP contribution in [0.4, 0.5) is 0 Å². The molecule has 0 radical (unpaired) electrons. The van der Waals surface area contributed by atoms with E-state index < -0.39 is 0 Å². The smallest absolute Gasteiger partial charge is 0.119 e. The summed E-state index contributed by atoms with van der Waals surface area (Å²) in [7, 11) is 0. The third-order valence-electron chi connectivity index (χ3n) is 3.53. The number of hydrogen-bond donors (Lipinski definition) is 1. The Morgan fingerprint density at radius 3 is 2.29 bits per heavy atom. The highest BCUT2D eigenvalue weighted by Gasteiger charge is 2.00. The van der Waals surface area contributed by atoms with E-state index in [1.807, 2.05) is 24.3 Å². The van der Waals surface area contributed by atoms with Gasteiger partial charge in [0, 0.05) is 6.42 Å². The van der Waals surface area contributed by atoms with Crippen LogP contribution in [0.2, 0.25) is 0 Å². The van der Waals surface area contributed by atoms with Crippen molar-refractivity contribution in [2.24, 2.45) is 5.16 Å². The predicted molar refractivity (Wildman–Crippen MR) is 85.3 cm³/mol. The molecule has 0 saturated heterocycles. The first-order valence-electron chi connectivity index (χ1n) is 7.04. The molecule has 0 heterocycles. The number of oxime groups is 1. The summed E-state index contributed by atoms with van der Waals surface area (Å²) in [5.74, 6) is 0.843. The van der Waals surface area contributed by atoms with Crippen molar-refractivity contribution in [1.82, 2.24) is 0 Å². The van der Waals surface area contributed by atoms with E-state index in [9.17, 15) is 0 Å². The molecule has 2 rings (SSSR count). The Morgan fingerprint density at radius 1 is 1.00 bits per heavy atom. The lowest BCUT2D eigenvalue weighted by atomic mass is 10.1. The molecular formula is C18H21NO2. The van der Waals surface area contributed by atoms with Crippen molar-refractivity contribution in [3.63, 3.8) is 0 Å². The average Bonchev–Trinajstić information content (AvgIpc) is 2.50. The van der Waals surface area contributed by atoms with Crippen LogP contribution in [0.1, 0.15) is 29.2 Å². The van der Waals surface area contributed by atoms with Gasteiger partial charge in [-0.3, -0.25) is 0 Å². The van der Waals surface area contributed by atoms with Crippen molar-refractivity contribution in [2.75, 3.05) is 0 Å². The highest BCUT2D eigenvalue weighted by Crippen LogP contribution is 2.16. The second kappa shape index (κ2) is 6.93. The summed E-state index contributed by atoms with van der Waals surface area (Å²) in [6.45, 7) is 6.58. The lowest BCUT2D eigenvalue weighted by Gasteiger charge is -2.09. The molecule has 2 aromatic carbocycles. The zero-order valence-electron chi connectivity index (χ0n) is 12.8. The Kier molecular flexibility index (Phi) is 4.99. The van der Waals surface area contributed by atoms with Crippen molar-refractivity contribution in [3.8, 4) is 5.75 Å². The molecule has 0 unspecified atom stereocenters. The van der Waals surface area contributed by atoms with Gasteiger partial charge in [-0.05, 0) is 55.2 Å². The summed E-state index contributed by atoms with van der Waals surface area (Å²) in [5, 5.41) is 11.8. The summed E-state index contributed by atoms with van der Waals surface area (Å²) in [4.78, 5) is 0. The SMILES string of the molecule is C/C(Cc1ccc(OCc2ccc(C)c(C)c2)cc1)=N/O. The normalized spacial score (nSPS) is 11.5. The van der Waals surface area contributed by atoms with Crippen LogP contribution in [0, 0.1) is 13.8 Å². The molecule has 0 aliphatic carbocycles. The summed E-state index contributed by atoms with van der Waals surface area (Å²) in [6.07, 6.45) is 0.647. The summed E-state index contributed by atoms with van der Waals surface area (Å²) in [6, 6.07) is 14.2. The van der Waals surface area contributed by atoms with E-state index in [1.54, 1.807) is 6.92 Å². The molecule has 0 bridgehead atoms. The van der Waals surface area contributed by atoms with Gasteiger partial charge >= 0.3 is 0 Å². The molecule has 21 heavy (non-hydrogen) atoms. The Labute approximate surface area is 125 Å². The lowest BCUT2D eigenvalue weighted by Crippen LogP contribution is -1.99. The van der Waals surface area contributed by atoms with Gasteiger partial charge < -0.3 is 9.94 Å². The van der Waals surface area contributed by atoms with E-state index in [0.717, 1.165) is 11.3 Å². The molecule has 0 atom stereocenters. The van der Waals surface area contributed by atoms with Gasteiger partial charge in [0.15, 0.2) is 0 Å². The first-order valence-corrected chi connectivity index (χ1v) is 7.04. The summed E-state index contributed by atoms with van der Waals surface area (Å²) in [5.41, 5.74) is 5.54. The number of benzene rings is 2. The maximum absolute atomic E-state index is 8.67. The van der Waals surface area contributed by atoms with Gasteiger partial charge in [0.05, 0.1) is 5.71 Å². The van der Waals surface area contributed by atoms with E-state index >= 15 is 0 Å². The Balaban J connectivity index is 1.95. The van der Waals surface area contributed by atoms with Crippen molar-refractivity contribution in [1.29, 1.82) is 0 Å². The monoisotopic (exact) mass is 283 g/mol. The van der Waals surface area contributed by atoms with Gasteiger partial charge in [0.1, 0.15) is 12.4 Å². The molecule has 0 fully saturated rings. The Bertz CT molecular complexity index is 630. The van der Waals surface area contributed by atoms with Crippen LogP contribution in [0.3, 0.4) is 0 Å². The molecule has 0 amide bonds. The van der Waals surface area contributed by atoms with Crippen LogP contribution in [-0.2, 0) is 13.0 Å². The molecule has 0 aromatic heterocycles. The van der Waals surface area contributed by atoms with E-state index in [0.29, 0.717) is 18.7 Å². The van der Waals surface area contributed by atoms with Gasteiger partial charge in [-0.1, -0.05) is 35.5 Å². The van der Waals surface area contributed by atoms with Gasteiger partial charge in [0.2, 0.25) is 0 Å². The van der Waals surface area contributed by atoms with Crippen molar-refractivity contribution in [3.05, 3.63) is 64.7 Å². The average molecular weight is 283 g/mol. The van der Waals surface area contributed by atoms with Crippen LogP contribution in [0.15, 0.2) is 47.6 Å². The number of hydrogen-bond acceptors (Lipinski definition) is 3. The summed E-state index contributed by atoms with van der Waals surface area (Å²) >= 11 is 0. The fourth-order valence-electron chi connectivity index (χ4n) is 2.09.